The number of H-pyrrole nitrogens is 1. The summed E-state index contributed by atoms with van der Waals surface area (Å²) in [6.45, 7) is 3.81. The van der Waals surface area contributed by atoms with Gasteiger partial charge in [0.2, 0.25) is 0 Å². The number of carboxylic acids is 1. The van der Waals surface area contributed by atoms with Crippen molar-refractivity contribution in [2.45, 2.75) is 13.8 Å². The smallest absolute Gasteiger partial charge is 0.150 e. The molecule has 2 rings (SSSR count). The third kappa shape index (κ3) is 3.35. The number of nitrogens with one attached hydrogen (secondary N) is 2. The van der Waals surface area contributed by atoms with Crippen molar-refractivity contribution in [1.29, 1.82) is 0 Å². The molecule has 9 heteroatoms. The molecule has 0 aliphatic heterocycles. The standard InChI is InChI=1S/C13H11Cl3N4O2/c1-5-3-7(6(2)18-5)4-17-20-10-8(14)11(13(21)22)19-12(16)9(10)15/h3-4,18H,1-2H3,(H,19,20)(H,21,22)/p-1/b17-4+. The predicted molar refractivity (Wildman–Crippen MR) is 85.1 cm³/mol. The minimum atomic E-state index is -1.56. The van der Waals surface area contributed by atoms with Crippen molar-refractivity contribution < 1.29 is 9.90 Å². The summed E-state index contributed by atoms with van der Waals surface area (Å²) in [4.78, 5) is 17.6. The minimum Gasteiger partial charge on any atom is -0.543 e. The quantitative estimate of drug-likeness (QED) is 0.498. The van der Waals surface area contributed by atoms with Gasteiger partial charge in [-0.25, -0.2) is 4.98 Å². The average Bonchev–Trinajstić information content (AvgIpc) is 2.75. The van der Waals surface area contributed by atoms with Crippen molar-refractivity contribution in [2.75, 3.05) is 5.43 Å². The molecule has 0 radical (unpaired) electrons. The SMILES string of the molecule is Cc1cc(/C=N/Nc2c(Cl)c(Cl)nc(C(=O)[O-])c2Cl)c(C)[nH]1. The monoisotopic (exact) mass is 359 g/mol. The van der Waals surface area contributed by atoms with Crippen molar-refractivity contribution in [1.82, 2.24) is 9.97 Å². The van der Waals surface area contributed by atoms with Crippen LogP contribution in [0.1, 0.15) is 27.4 Å². The molecule has 6 nitrogen and oxygen atoms in total. The lowest BCUT2D eigenvalue weighted by Gasteiger charge is -2.12. The van der Waals surface area contributed by atoms with Gasteiger partial charge in [0.25, 0.3) is 0 Å². The molecule has 0 unspecified atom stereocenters. The molecule has 22 heavy (non-hydrogen) atoms. The molecule has 2 aromatic heterocycles. The van der Waals surface area contributed by atoms with Gasteiger partial charge in [-0.05, 0) is 19.9 Å². The molecule has 0 saturated carbocycles. The zero-order valence-corrected chi connectivity index (χ0v) is 13.8. The number of aromatic nitrogens is 2. The highest BCUT2D eigenvalue weighted by Crippen LogP contribution is 2.36. The maximum absolute atomic E-state index is 11.0. The second-order valence-corrected chi connectivity index (χ2v) is 5.56. The maximum Gasteiger partial charge on any atom is 0.150 e. The number of carboxylic acid groups (broad SMARTS) is 1. The Hall–Kier alpha value is -1.76. The number of aromatic amines is 1. The first-order valence-electron chi connectivity index (χ1n) is 6.02. The Kier molecular flexibility index (Phi) is 4.95. The number of hydrazone groups is 1. The molecule has 0 fully saturated rings. The molecule has 0 aliphatic carbocycles. The predicted octanol–water partition coefficient (Wildman–Crippen LogP) is 2.80. The molecule has 0 bridgehead atoms. The molecular formula is C13H10Cl3N4O2-. The molecule has 0 aromatic carbocycles. The summed E-state index contributed by atoms with van der Waals surface area (Å²) in [5.41, 5.74) is 4.89. The summed E-state index contributed by atoms with van der Waals surface area (Å²) in [6, 6.07) is 1.90. The van der Waals surface area contributed by atoms with Gasteiger partial charge in [-0.3, -0.25) is 5.43 Å². The number of pyridine rings is 1. The highest BCUT2D eigenvalue weighted by Gasteiger charge is 2.16. The first kappa shape index (κ1) is 16.6. The molecule has 116 valence electrons. The van der Waals surface area contributed by atoms with Crippen LogP contribution in [0, 0.1) is 13.8 Å². The van der Waals surface area contributed by atoms with E-state index in [2.05, 4.69) is 20.5 Å². The molecule has 2 N–H and O–H groups in total. The Labute approximate surface area is 141 Å². The van der Waals surface area contributed by atoms with Gasteiger partial charge in [0.15, 0.2) is 5.15 Å². The van der Waals surface area contributed by atoms with Crippen molar-refractivity contribution in [3.8, 4) is 0 Å². The number of halogens is 3. The first-order chi connectivity index (χ1) is 10.3. The Bertz CT molecular complexity index is 771. The molecule has 0 atom stereocenters. The van der Waals surface area contributed by atoms with Gasteiger partial charge in [0.1, 0.15) is 10.7 Å². The van der Waals surface area contributed by atoms with Crippen LogP contribution >= 0.6 is 34.8 Å². The summed E-state index contributed by atoms with van der Waals surface area (Å²) >= 11 is 17.7. The van der Waals surface area contributed by atoms with E-state index in [0.717, 1.165) is 17.0 Å². The van der Waals surface area contributed by atoms with E-state index in [4.69, 9.17) is 34.8 Å². The first-order valence-corrected chi connectivity index (χ1v) is 7.15. The zero-order chi connectivity index (χ0) is 16.4. The second kappa shape index (κ2) is 6.56. The lowest BCUT2D eigenvalue weighted by Crippen LogP contribution is -2.24. The third-order valence-corrected chi connectivity index (χ3v) is 3.91. The normalized spacial score (nSPS) is 11.1. The average molecular weight is 361 g/mol. The molecule has 2 aromatic rings. The Balaban J connectivity index is 2.33. The Morgan fingerprint density at radius 2 is 2.05 bits per heavy atom. The van der Waals surface area contributed by atoms with E-state index < -0.39 is 11.7 Å². The highest BCUT2D eigenvalue weighted by atomic mass is 35.5. The van der Waals surface area contributed by atoms with E-state index in [9.17, 15) is 9.90 Å². The maximum atomic E-state index is 11.0. The van der Waals surface area contributed by atoms with Crippen LogP contribution in [-0.4, -0.2) is 22.2 Å². The number of carbonyl (C=O) groups is 1. The van der Waals surface area contributed by atoms with Gasteiger partial charge in [0, 0.05) is 17.0 Å². The van der Waals surface area contributed by atoms with Crippen molar-refractivity contribution in [2.24, 2.45) is 5.10 Å². The van der Waals surface area contributed by atoms with Gasteiger partial charge < -0.3 is 14.9 Å². The van der Waals surface area contributed by atoms with E-state index >= 15 is 0 Å². The van der Waals surface area contributed by atoms with Crippen LogP contribution in [0.3, 0.4) is 0 Å². The summed E-state index contributed by atoms with van der Waals surface area (Å²) in [7, 11) is 0. The summed E-state index contributed by atoms with van der Waals surface area (Å²) < 4.78 is 0. The molecular weight excluding hydrogens is 351 g/mol. The van der Waals surface area contributed by atoms with E-state index in [0.29, 0.717) is 0 Å². The number of hydrogen-bond donors (Lipinski definition) is 2. The summed E-state index contributed by atoms with van der Waals surface area (Å²) in [5.74, 6) is -1.56. The van der Waals surface area contributed by atoms with Gasteiger partial charge in [0.05, 0.1) is 22.9 Å². The number of nitrogens with zero attached hydrogens (tertiary/aromatic N) is 2. The number of aryl methyl sites for hydroxylation is 2. The van der Waals surface area contributed by atoms with Crippen LogP contribution < -0.4 is 10.5 Å². The summed E-state index contributed by atoms with van der Waals surface area (Å²) in [6.07, 6.45) is 1.54. The second-order valence-electron chi connectivity index (χ2n) is 4.44. The zero-order valence-electron chi connectivity index (χ0n) is 11.5. The van der Waals surface area contributed by atoms with Crippen LogP contribution in [-0.2, 0) is 0 Å². The Morgan fingerprint density at radius 1 is 1.36 bits per heavy atom. The van der Waals surface area contributed by atoms with Gasteiger partial charge >= 0.3 is 0 Å². The number of rotatable bonds is 4. The fourth-order valence-corrected chi connectivity index (χ4v) is 2.46. The molecule has 0 aliphatic rings. The van der Waals surface area contributed by atoms with Gasteiger partial charge in [-0.15, -0.1) is 0 Å². The fraction of sp³-hybridized carbons (Fsp3) is 0.154. The number of hydrogen-bond acceptors (Lipinski definition) is 5. The van der Waals surface area contributed by atoms with E-state index in [1.54, 1.807) is 6.21 Å². The van der Waals surface area contributed by atoms with Gasteiger partial charge in [-0.1, -0.05) is 34.8 Å². The highest BCUT2D eigenvalue weighted by molar-refractivity contribution is 6.46. The fourth-order valence-electron chi connectivity index (χ4n) is 1.79. The molecule has 0 amide bonds. The lowest BCUT2D eigenvalue weighted by atomic mass is 10.3. The van der Waals surface area contributed by atoms with Crippen molar-refractivity contribution >= 4 is 52.7 Å². The van der Waals surface area contributed by atoms with Crippen LogP contribution in [0.4, 0.5) is 5.69 Å². The largest absolute Gasteiger partial charge is 0.543 e. The summed E-state index contributed by atoms with van der Waals surface area (Å²) in [5, 5.41) is 14.5. The minimum absolute atomic E-state index is 0.0317. The number of anilines is 1. The van der Waals surface area contributed by atoms with Crippen molar-refractivity contribution in [3.05, 3.63) is 43.9 Å². The van der Waals surface area contributed by atoms with Crippen molar-refractivity contribution in [3.63, 3.8) is 0 Å². The third-order valence-electron chi connectivity index (χ3n) is 2.80. The van der Waals surface area contributed by atoms with E-state index in [1.807, 2.05) is 19.9 Å². The van der Waals surface area contributed by atoms with Crippen LogP contribution in [0.25, 0.3) is 0 Å². The van der Waals surface area contributed by atoms with Crippen LogP contribution in [0.5, 0.6) is 0 Å². The molecule has 2 heterocycles. The van der Waals surface area contributed by atoms with Crippen LogP contribution in [0.15, 0.2) is 11.2 Å². The van der Waals surface area contributed by atoms with E-state index in [1.165, 1.54) is 0 Å². The van der Waals surface area contributed by atoms with E-state index in [-0.39, 0.29) is 20.9 Å². The molecule has 0 spiro atoms. The van der Waals surface area contributed by atoms with Gasteiger partial charge in [-0.2, -0.15) is 5.10 Å². The lowest BCUT2D eigenvalue weighted by molar-refractivity contribution is -0.255. The van der Waals surface area contributed by atoms with Crippen LogP contribution in [0.2, 0.25) is 15.2 Å². The topological polar surface area (TPSA) is 93.2 Å². The number of carbonyl (C=O) groups excluding carboxylic acids is 1. The Morgan fingerprint density at radius 3 is 2.59 bits per heavy atom. The molecule has 0 saturated heterocycles. The number of aromatic carboxylic acids is 1.